The molecule has 0 aliphatic carbocycles. The maximum Gasteiger partial charge on any atom is 0.404 e. The van der Waals surface area contributed by atoms with Gasteiger partial charge in [0.25, 0.3) is 0 Å². The number of hydrogen-bond acceptors (Lipinski definition) is 4. The maximum absolute atomic E-state index is 13.4. The van der Waals surface area contributed by atoms with E-state index in [-0.39, 0.29) is 31.5 Å². The summed E-state index contributed by atoms with van der Waals surface area (Å²) in [7, 11) is 0. The molecule has 0 saturated carbocycles. The van der Waals surface area contributed by atoms with E-state index in [0.717, 1.165) is 5.56 Å². The Morgan fingerprint density at radius 2 is 1.96 bits per heavy atom. The van der Waals surface area contributed by atoms with Crippen LogP contribution in [0, 0.1) is 0 Å². The van der Waals surface area contributed by atoms with Gasteiger partial charge in [0.1, 0.15) is 19.3 Å². The van der Waals surface area contributed by atoms with Crippen LogP contribution in [0.3, 0.4) is 0 Å². The second-order valence-electron chi connectivity index (χ2n) is 6.44. The molecular weight excluding hydrogens is 337 g/mol. The lowest BCUT2D eigenvalue weighted by atomic mass is 9.96. The Kier molecular flexibility index (Phi) is 5.08. The summed E-state index contributed by atoms with van der Waals surface area (Å²) in [4.78, 5) is 12.6. The van der Waals surface area contributed by atoms with Crippen molar-refractivity contribution in [2.75, 3.05) is 19.8 Å². The van der Waals surface area contributed by atoms with Gasteiger partial charge in [-0.15, -0.1) is 0 Å². The Labute approximate surface area is 144 Å². The van der Waals surface area contributed by atoms with Gasteiger partial charge in [0.2, 0.25) is 5.91 Å². The maximum atomic E-state index is 13.4. The number of nitrogens with one attached hydrogen (secondary N) is 1. The SMILES string of the molecule is CC(=O)N[C@@H]1CC[C@@H](C(F)(F)F)N(Cc2ccc3c(c2)OCCO3)C1. The topological polar surface area (TPSA) is 50.8 Å². The fourth-order valence-corrected chi connectivity index (χ4v) is 3.41. The minimum absolute atomic E-state index is 0.0288. The lowest BCUT2D eigenvalue weighted by molar-refractivity contribution is -0.194. The minimum Gasteiger partial charge on any atom is -0.486 e. The number of ether oxygens (including phenoxy) is 2. The Hall–Kier alpha value is -1.96. The van der Waals surface area contributed by atoms with Gasteiger partial charge < -0.3 is 14.8 Å². The first-order valence-electron chi connectivity index (χ1n) is 8.29. The average Bonchev–Trinajstić information content (AvgIpc) is 2.53. The van der Waals surface area contributed by atoms with Gasteiger partial charge in [-0.05, 0) is 30.5 Å². The first-order chi connectivity index (χ1) is 11.8. The number of carbonyl (C=O) groups excluding carboxylic acids is 1. The van der Waals surface area contributed by atoms with E-state index in [9.17, 15) is 18.0 Å². The summed E-state index contributed by atoms with van der Waals surface area (Å²) in [5, 5.41) is 2.73. The van der Waals surface area contributed by atoms with Crippen molar-refractivity contribution >= 4 is 5.91 Å². The molecule has 0 spiro atoms. The zero-order chi connectivity index (χ0) is 18.0. The quantitative estimate of drug-likeness (QED) is 0.902. The van der Waals surface area contributed by atoms with E-state index in [2.05, 4.69) is 5.32 Å². The molecular formula is C17H21F3N2O3. The molecule has 138 valence electrons. The Bertz CT molecular complexity index is 636. The van der Waals surface area contributed by atoms with Gasteiger partial charge in [-0.3, -0.25) is 9.69 Å². The second-order valence-corrected chi connectivity index (χ2v) is 6.44. The highest BCUT2D eigenvalue weighted by Crippen LogP contribution is 2.35. The summed E-state index contributed by atoms with van der Waals surface area (Å²) in [6.45, 7) is 2.57. The normalized spacial score (nSPS) is 24.0. The monoisotopic (exact) mass is 358 g/mol. The highest BCUT2D eigenvalue weighted by Gasteiger charge is 2.46. The molecule has 2 aliphatic heterocycles. The van der Waals surface area contributed by atoms with Gasteiger partial charge in [0, 0.05) is 26.1 Å². The van der Waals surface area contributed by atoms with E-state index in [4.69, 9.17) is 9.47 Å². The number of carbonyl (C=O) groups is 1. The third-order valence-electron chi connectivity index (χ3n) is 4.46. The molecule has 1 fully saturated rings. The van der Waals surface area contributed by atoms with Gasteiger partial charge in [0.15, 0.2) is 11.5 Å². The molecule has 1 saturated heterocycles. The van der Waals surface area contributed by atoms with E-state index >= 15 is 0 Å². The number of likely N-dealkylation sites (tertiary alicyclic amines) is 1. The van der Waals surface area contributed by atoms with Gasteiger partial charge in [-0.25, -0.2) is 0 Å². The number of piperidine rings is 1. The Morgan fingerprint density at radius 1 is 1.24 bits per heavy atom. The van der Waals surface area contributed by atoms with Crippen molar-refractivity contribution in [1.82, 2.24) is 10.2 Å². The molecule has 0 radical (unpaired) electrons. The van der Waals surface area contributed by atoms with Gasteiger partial charge >= 0.3 is 6.18 Å². The Balaban J connectivity index is 1.76. The smallest absolute Gasteiger partial charge is 0.404 e. The molecule has 1 aromatic rings. The van der Waals surface area contributed by atoms with Crippen LogP contribution in [0.5, 0.6) is 11.5 Å². The van der Waals surface area contributed by atoms with Crippen LogP contribution in [0.15, 0.2) is 18.2 Å². The molecule has 1 amide bonds. The van der Waals surface area contributed by atoms with Crippen molar-refractivity contribution < 1.29 is 27.4 Å². The highest BCUT2D eigenvalue weighted by molar-refractivity contribution is 5.73. The number of amides is 1. The van der Waals surface area contributed by atoms with E-state index < -0.39 is 12.2 Å². The number of nitrogens with zero attached hydrogens (tertiary/aromatic N) is 1. The molecule has 2 atom stereocenters. The van der Waals surface area contributed by atoms with Crippen molar-refractivity contribution in [2.45, 2.75) is 44.6 Å². The van der Waals surface area contributed by atoms with E-state index in [1.165, 1.54) is 11.8 Å². The Morgan fingerprint density at radius 3 is 2.64 bits per heavy atom. The van der Waals surface area contributed by atoms with Crippen molar-refractivity contribution in [1.29, 1.82) is 0 Å². The number of alkyl halides is 3. The van der Waals surface area contributed by atoms with Gasteiger partial charge in [-0.2, -0.15) is 13.2 Å². The van der Waals surface area contributed by atoms with Crippen LogP contribution in [-0.4, -0.2) is 48.8 Å². The third-order valence-corrected chi connectivity index (χ3v) is 4.46. The van der Waals surface area contributed by atoms with Gasteiger partial charge in [0.05, 0.1) is 0 Å². The van der Waals surface area contributed by atoms with Crippen LogP contribution in [0.2, 0.25) is 0 Å². The minimum atomic E-state index is -4.30. The standard InChI is InChI=1S/C17H21F3N2O3/c1-11(23)21-13-3-5-16(17(18,19)20)22(10-13)9-12-2-4-14-15(8-12)25-7-6-24-14/h2,4,8,13,16H,3,5-7,9-10H2,1H3,(H,21,23)/t13-,16+/m1/s1. The number of rotatable bonds is 3. The second kappa shape index (κ2) is 7.11. The molecule has 5 nitrogen and oxygen atoms in total. The van der Waals surface area contributed by atoms with Crippen molar-refractivity contribution in [3.63, 3.8) is 0 Å². The zero-order valence-corrected chi connectivity index (χ0v) is 13.9. The number of hydrogen-bond donors (Lipinski definition) is 1. The van der Waals surface area contributed by atoms with E-state index in [1.807, 2.05) is 0 Å². The largest absolute Gasteiger partial charge is 0.486 e. The van der Waals surface area contributed by atoms with Crippen LogP contribution in [-0.2, 0) is 11.3 Å². The van der Waals surface area contributed by atoms with Crippen molar-refractivity contribution in [3.05, 3.63) is 23.8 Å². The van der Waals surface area contributed by atoms with E-state index in [1.54, 1.807) is 18.2 Å². The number of benzene rings is 1. The molecule has 25 heavy (non-hydrogen) atoms. The molecule has 1 aromatic carbocycles. The molecule has 1 N–H and O–H groups in total. The van der Waals surface area contributed by atoms with Crippen LogP contribution in [0.25, 0.3) is 0 Å². The lowest BCUT2D eigenvalue weighted by Gasteiger charge is -2.40. The van der Waals surface area contributed by atoms with Crippen LogP contribution in [0.1, 0.15) is 25.3 Å². The molecule has 8 heteroatoms. The fourth-order valence-electron chi connectivity index (χ4n) is 3.41. The summed E-state index contributed by atoms with van der Waals surface area (Å²) >= 11 is 0. The average molecular weight is 358 g/mol. The fraction of sp³-hybridized carbons (Fsp3) is 0.588. The zero-order valence-electron chi connectivity index (χ0n) is 13.9. The number of fused-ring (bicyclic) bond motifs is 1. The number of halogens is 3. The summed E-state index contributed by atoms with van der Waals surface area (Å²) in [5.74, 6) is 0.939. The molecule has 0 aromatic heterocycles. The van der Waals surface area contributed by atoms with Crippen LogP contribution < -0.4 is 14.8 Å². The molecule has 0 bridgehead atoms. The summed E-state index contributed by atoms with van der Waals surface area (Å²) < 4.78 is 51.1. The first-order valence-corrected chi connectivity index (χ1v) is 8.29. The van der Waals surface area contributed by atoms with Crippen molar-refractivity contribution in [2.24, 2.45) is 0 Å². The molecule has 0 unspecified atom stereocenters. The van der Waals surface area contributed by atoms with Crippen LogP contribution in [0.4, 0.5) is 13.2 Å². The summed E-state index contributed by atoms with van der Waals surface area (Å²) in [5.41, 5.74) is 0.724. The predicted molar refractivity (Wildman–Crippen MR) is 84.5 cm³/mol. The summed E-state index contributed by atoms with van der Waals surface area (Å²) in [6, 6.07) is 3.42. The van der Waals surface area contributed by atoms with Gasteiger partial charge in [-0.1, -0.05) is 6.07 Å². The highest BCUT2D eigenvalue weighted by atomic mass is 19.4. The lowest BCUT2D eigenvalue weighted by Crippen LogP contribution is -2.55. The first kappa shape index (κ1) is 17.8. The molecule has 3 rings (SSSR count). The molecule has 2 aliphatic rings. The third kappa shape index (κ3) is 4.36. The van der Waals surface area contributed by atoms with Crippen LogP contribution >= 0.6 is 0 Å². The summed E-state index contributed by atoms with van der Waals surface area (Å²) in [6.07, 6.45) is -4.00. The molecule has 2 heterocycles. The predicted octanol–water partition coefficient (Wildman–Crippen LogP) is 2.49. The van der Waals surface area contributed by atoms with Crippen molar-refractivity contribution in [3.8, 4) is 11.5 Å². The van der Waals surface area contributed by atoms with E-state index in [0.29, 0.717) is 31.1 Å².